The summed E-state index contributed by atoms with van der Waals surface area (Å²) in [7, 11) is 2.13. The van der Waals surface area contributed by atoms with Crippen LogP contribution in [0.3, 0.4) is 0 Å². The van der Waals surface area contributed by atoms with Crippen molar-refractivity contribution in [2.75, 3.05) is 33.3 Å². The standard InChI is InChI=1S/C19H27N3O2/c1-15-19(16(2)24-20-15)14-21(3)12-18-13-22(9-10-23-18)11-17-7-5-4-6-8-17/h4-8,18H,9-14H2,1-3H3/t18-/m0/s1. The smallest absolute Gasteiger partial charge is 0.138 e. The molecule has 0 N–H and O–H groups in total. The van der Waals surface area contributed by atoms with E-state index in [2.05, 4.69) is 52.3 Å². The Kier molecular flexibility index (Phi) is 5.66. The van der Waals surface area contributed by atoms with Crippen LogP contribution in [0.4, 0.5) is 0 Å². The summed E-state index contributed by atoms with van der Waals surface area (Å²) in [5, 5.41) is 4.03. The highest BCUT2D eigenvalue weighted by molar-refractivity contribution is 5.20. The Morgan fingerprint density at radius 2 is 2.04 bits per heavy atom. The summed E-state index contributed by atoms with van der Waals surface area (Å²) in [6.45, 7) is 9.50. The number of rotatable bonds is 6. The van der Waals surface area contributed by atoms with Crippen LogP contribution >= 0.6 is 0 Å². The van der Waals surface area contributed by atoms with Gasteiger partial charge in [0, 0.05) is 38.3 Å². The summed E-state index contributed by atoms with van der Waals surface area (Å²) in [5.41, 5.74) is 3.53. The van der Waals surface area contributed by atoms with Crippen LogP contribution in [0.1, 0.15) is 22.6 Å². The highest BCUT2D eigenvalue weighted by Gasteiger charge is 2.22. The van der Waals surface area contributed by atoms with Crippen LogP contribution < -0.4 is 0 Å². The van der Waals surface area contributed by atoms with Crippen molar-refractivity contribution in [2.45, 2.75) is 33.0 Å². The first kappa shape index (κ1) is 17.1. The number of aryl methyl sites for hydroxylation is 2. The first-order chi connectivity index (χ1) is 11.6. The van der Waals surface area contributed by atoms with Gasteiger partial charge in [0.05, 0.1) is 18.4 Å². The van der Waals surface area contributed by atoms with Crippen LogP contribution in [0, 0.1) is 13.8 Å². The van der Waals surface area contributed by atoms with Gasteiger partial charge >= 0.3 is 0 Å². The molecule has 0 saturated carbocycles. The average molecular weight is 329 g/mol. The third-order valence-corrected chi connectivity index (χ3v) is 4.60. The quantitative estimate of drug-likeness (QED) is 0.815. The number of hydrogen-bond acceptors (Lipinski definition) is 5. The van der Waals surface area contributed by atoms with Crippen molar-refractivity contribution in [3.8, 4) is 0 Å². The van der Waals surface area contributed by atoms with Gasteiger partial charge < -0.3 is 9.26 Å². The normalized spacial score (nSPS) is 19.1. The van der Waals surface area contributed by atoms with Gasteiger partial charge in [0.15, 0.2) is 0 Å². The largest absolute Gasteiger partial charge is 0.374 e. The number of morpholine rings is 1. The Balaban J connectivity index is 1.51. The van der Waals surface area contributed by atoms with E-state index in [4.69, 9.17) is 9.26 Å². The molecule has 1 aromatic heterocycles. The van der Waals surface area contributed by atoms with E-state index in [1.54, 1.807) is 0 Å². The number of aromatic nitrogens is 1. The van der Waals surface area contributed by atoms with E-state index in [9.17, 15) is 0 Å². The molecule has 2 aromatic rings. The van der Waals surface area contributed by atoms with Crippen LogP contribution in [-0.4, -0.2) is 54.3 Å². The first-order valence-corrected chi connectivity index (χ1v) is 8.60. The lowest BCUT2D eigenvalue weighted by Gasteiger charge is -2.34. The fraction of sp³-hybridized carbons (Fsp3) is 0.526. The highest BCUT2D eigenvalue weighted by atomic mass is 16.5. The second kappa shape index (κ2) is 7.92. The molecule has 0 unspecified atom stereocenters. The predicted octanol–water partition coefficient (Wildman–Crippen LogP) is 2.62. The van der Waals surface area contributed by atoms with E-state index in [0.29, 0.717) is 0 Å². The van der Waals surface area contributed by atoms with Crippen molar-refractivity contribution in [3.05, 3.63) is 52.9 Å². The van der Waals surface area contributed by atoms with Gasteiger partial charge in [-0.1, -0.05) is 35.5 Å². The van der Waals surface area contributed by atoms with E-state index < -0.39 is 0 Å². The maximum atomic E-state index is 5.97. The summed E-state index contributed by atoms with van der Waals surface area (Å²) < 4.78 is 11.2. The van der Waals surface area contributed by atoms with Crippen molar-refractivity contribution in [1.82, 2.24) is 15.0 Å². The van der Waals surface area contributed by atoms with E-state index >= 15 is 0 Å². The van der Waals surface area contributed by atoms with Crippen LogP contribution in [0.5, 0.6) is 0 Å². The predicted molar refractivity (Wildman–Crippen MR) is 93.8 cm³/mol. The number of hydrogen-bond donors (Lipinski definition) is 0. The number of nitrogens with zero attached hydrogens (tertiary/aromatic N) is 3. The molecular weight excluding hydrogens is 302 g/mol. The summed E-state index contributed by atoms with van der Waals surface area (Å²) in [6, 6.07) is 10.6. The molecule has 24 heavy (non-hydrogen) atoms. The van der Waals surface area contributed by atoms with Crippen molar-refractivity contribution in [3.63, 3.8) is 0 Å². The van der Waals surface area contributed by atoms with Gasteiger partial charge in [0.25, 0.3) is 0 Å². The van der Waals surface area contributed by atoms with Gasteiger partial charge in [0.2, 0.25) is 0 Å². The highest BCUT2D eigenvalue weighted by Crippen LogP contribution is 2.16. The maximum absolute atomic E-state index is 5.97. The molecule has 5 heteroatoms. The molecule has 1 aromatic carbocycles. The molecule has 0 aliphatic carbocycles. The Morgan fingerprint density at radius 1 is 1.25 bits per heavy atom. The van der Waals surface area contributed by atoms with Gasteiger partial charge in [-0.2, -0.15) is 0 Å². The fourth-order valence-electron chi connectivity index (χ4n) is 3.29. The second-order valence-corrected chi connectivity index (χ2v) is 6.71. The Bertz CT molecular complexity index is 622. The average Bonchev–Trinajstić information content (AvgIpc) is 2.88. The number of ether oxygens (including phenoxy) is 1. The van der Waals surface area contributed by atoms with Crippen molar-refractivity contribution in [1.29, 1.82) is 0 Å². The summed E-state index contributed by atoms with van der Waals surface area (Å²) in [5.74, 6) is 0.912. The van der Waals surface area contributed by atoms with Crippen LogP contribution in [0.2, 0.25) is 0 Å². The maximum Gasteiger partial charge on any atom is 0.138 e. The summed E-state index contributed by atoms with van der Waals surface area (Å²) in [6.07, 6.45) is 0.243. The van der Waals surface area contributed by atoms with Gasteiger partial charge in [-0.25, -0.2) is 0 Å². The Morgan fingerprint density at radius 3 is 2.75 bits per heavy atom. The van der Waals surface area contributed by atoms with E-state index in [1.807, 2.05) is 13.8 Å². The second-order valence-electron chi connectivity index (χ2n) is 6.71. The fourth-order valence-corrected chi connectivity index (χ4v) is 3.29. The lowest BCUT2D eigenvalue weighted by molar-refractivity contribution is -0.0439. The van der Waals surface area contributed by atoms with Gasteiger partial charge in [-0.05, 0) is 26.5 Å². The molecule has 1 saturated heterocycles. The molecule has 0 radical (unpaired) electrons. The van der Waals surface area contributed by atoms with E-state index in [1.165, 1.54) is 11.1 Å². The van der Waals surface area contributed by atoms with Crippen molar-refractivity contribution >= 4 is 0 Å². The molecule has 1 fully saturated rings. The minimum Gasteiger partial charge on any atom is -0.374 e. The zero-order valence-electron chi connectivity index (χ0n) is 14.9. The lowest BCUT2D eigenvalue weighted by Crippen LogP contribution is -2.46. The molecule has 130 valence electrons. The Labute approximate surface area is 144 Å². The molecular formula is C19H27N3O2. The zero-order chi connectivity index (χ0) is 16.9. The lowest BCUT2D eigenvalue weighted by atomic mass is 10.1. The van der Waals surface area contributed by atoms with Crippen molar-refractivity contribution in [2.24, 2.45) is 0 Å². The molecule has 2 heterocycles. The van der Waals surface area contributed by atoms with Crippen LogP contribution in [-0.2, 0) is 17.8 Å². The minimum absolute atomic E-state index is 0.243. The molecule has 5 nitrogen and oxygen atoms in total. The van der Waals surface area contributed by atoms with Gasteiger partial charge in [-0.15, -0.1) is 0 Å². The van der Waals surface area contributed by atoms with Crippen LogP contribution in [0.25, 0.3) is 0 Å². The molecule has 0 bridgehead atoms. The molecule has 1 atom stereocenters. The first-order valence-electron chi connectivity index (χ1n) is 8.60. The zero-order valence-corrected chi connectivity index (χ0v) is 14.9. The van der Waals surface area contributed by atoms with E-state index in [-0.39, 0.29) is 6.10 Å². The monoisotopic (exact) mass is 329 g/mol. The number of likely N-dealkylation sites (N-methyl/N-ethyl adjacent to an activating group) is 1. The SMILES string of the molecule is Cc1noc(C)c1CN(C)C[C@H]1CN(Cc2ccccc2)CCO1. The Hall–Kier alpha value is -1.69. The molecule has 1 aliphatic rings. The van der Waals surface area contributed by atoms with Gasteiger partial charge in [0.1, 0.15) is 5.76 Å². The van der Waals surface area contributed by atoms with Crippen molar-refractivity contribution < 1.29 is 9.26 Å². The van der Waals surface area contributed by atoms with E-state index in [0.717, 1.165) is 50.8 Å². The summed E-state index contributed by atoms with van der Waals surface area (Å²) >= 11 is 0. The van der Waals surface area contributed by atoms with Crippen LogP contribution in [0.15, 0.2) is 34.9 Å². The summed E-state index contributed by atoms with van der Waals surface area (Å²) in [4.78, 5) is 4.77. The molecule has 0 spiro atoms. The minimum atomic E-state index is 0.243. The topological polar surface area (TPSA) is 41.7 Å². The third kappa shape index (κ3) is 4.44. The molecule has 0 amide bonds. The molecule has 3 rings (SSSR count). The van der Waals surface area contributed by atoms with Gasteiger partial charge in [-0.3, -0.25) is 9.80 Å². The number of benzene rings is 1. The third-order valence-electron chi connectivity index (χ3n) is 4.60. The molecule has 1 aliphatic heterocycles.